The molecule has 0 saturated carbocycles. The third kappa shape index (κ3) is 12.3. The van der Waals surface area contributed by atoms with Gasteiger partial charge in [0.05, 0.1) is 0 Å². The summed E-state index contributed by atoms with van der Waals surface area (Å²) in [4.78, 5) is 25.6. The van der Waals surface area contributed by atoms with Crippen molar-refractivity contribution >= 4 is 21.9 Å². The standard InChI is InChI=1S/C9H19NO7P2/c1-8(2)5-4-6-9(3)7-10-16-19(14,15)17-18(11,12)13/h5,7,9H,4,6H2,1-3H3,(H,14,15)(H2,11,12,13). The Kier molecular flexibility index (Phi) is 7.74. The minimum Gasteiger partial charge on any atom is -0.302 e. The van der Waals surface area contributed by atoms with E-state index >= 15 is 0 Å². The van der Waals surface area contributed by atoms with Crippen LogP contribution in [-0.2, 0) is 18.1 Å². The van der Waals surface area contributed by atoms with Crippen molar-refractivity contribution in [3.8, 4) is 0 Å². The zero-order valence-electron chi connectivity index (χ0n) is 11.0. The maximum absolute atomic E-state index is 11.0. The van der Waals surface area contributed by atoms with E-state index in [4.69, 9.17) is 14.7 Å². The summed E-state index contributed by atoms with van der Waals surface area (Å²) in [5.74, 6) is -0.0225. The Labute approximate surface area is 112 Å². The second-order valence-corrected chi connectivity index (χ2v) is 6.95. The van der Waals surface area contributed by atoms with Gasteiger partial charge in [-0.3, -0.25) is 9.52 Å². The van der Waals surface area contributed by atoms with Gasteiger partial charge in [0.2, 0.25) is 0 Å². The third-order valence-corrected chi connectivity index (χ3v) is 3.83. The van der Waals surface area contributed by atoms with E-state index in [1.165, 1.54) is 11.8 Å². The second-order valence-electron chi connectivity index (χ2n) is 4.21. The van der Waals surface area contributed by atoms with E-state index < -0.39 is 15.6 Å². The van der Waals surface area contributed by atoms with Crippen molar-refractivity contribution in [1.82, 2.24) is 0 Å². The normalized spacial score (nSPS) is 16.9. The fraction of sp³-hybridized carbons (Fsp3) is 0.667. The van der Waals surface area contributed by atoms with Gasteiger partial charge in [-0.1, -0.05) is 23.7 Å². The lowest BCUT2D eigenvalue weighted by molar-refractivity contribution is 0.183. The van der Waals surface area contributed by atoms with Crippen LogP contribution in [0.3, 0.4) is 0 Å². The van der Waals surface area contributed by atoms with Crippen molar-refractivity contribution in [2.75, 3.05) is 0 Å². The van der Waals surface area contributed by atoms with Crippen LogP contribution in [0.4, 0.5) is 0 Å². The Morgan fingerprint density at radius 2 is 1.89 bits per heavy atom. The number of oxime groups is 1. The summed E-state index contributed by atoms with van der Waals surface area (Å²) in [6, 6.07) is 0. The first kappa shape index (κ1) is 18.5. The zero-order chi connectivity index (χ0) is 15.1. The molecule has 0 aliphatic rings. The van der Waals surface area contributed by atoms with Crippen molar-refractivity contribution in [2.24, 2.45) is 11.1 Å². The van der Waals surface area contributed by atoms with Gasteiger partial charge < -0.3 is 9.79 Å². The fourth-order valence-electron chi connectivity index (χ4n) is 1.05. The van der Waals surface area contributed by atoms with Crippen LogP contribution in [0.2, 0.25) is 0 Å². The van der Waals surface area contributed by atoms with Crippen LogP contribution in [0.15, 0.2) is 16.8 Å². The van der Waals surface area contributed by atoms with E-state index in [9.17, 15) is 9.13 Å². The minimum atomic E-state index is -5.10. The average molecular weight is 315 g/mol. The number of rotatable bonds is 8. The molecule has 0 fully saturated rings. The summed E-state index contributed by atoms with van der Waals surface area (Å²) >= 11 is 0. The van der Waals surface area contributed by atoms with Gasteiger partial charge in [0.25, 0.3) is 0 Å². The third-order valence-electron chi connectivity index (χ3n) is 1.85. The van der Waals surface area contributed by atoms with Crippen LogP contribution < -0.4 is 0 Å². The van der Waals surface area contributed by atoms with Gasteiger partial charge in [-0.2, -0.15) is 4.31 Å². The van der Waals surface area contributed by atoms with Crippen LogP contribution in [0.1, 0.15) is 33.6 Å². The van der Waals surface area contributed by atoms with Crippen molar-refractivity contribution < 1.29 is 32.7 Å². The molecule has 0 radical (unpaired) electrons. The maximum Gasteiger partial charge on any atom is 0.556 e. The van der Waals surface area contributed by atoms with E-state index in [0.29, 0.717) is 0 Å². The molecule has 0 aromatic heterocycles. The number of nitrogens with zero attached hydrogens (tertiary/aromatic N) is 1. The summed E-state index contributed by atoms with van der Waals surface area (Å²) in [6.07, 6.45) is 4.89. The average Bonchev–Trinajstić information content (AvgIpc) is 2.12. The Morgan fingerprint density at radius 3 is 2.37 bits per heavy atom. The molecule has 2 unspecified atom stereocenters. The van der Waals surface area contributed by atoms with Crippen LogP contribution >= 0.6 is 15.6 Å². The van der Waals surface area contributed by atoms with Gasteiger partial charge >= 0.3 is 15.6 Å². The molecule has 0 aliphatic carbocycles. The molecule has 8 nitrogen and oxygen atoms in total. The molecule has 0 aromatic rings. The molecule has 0 amide bonds. The molecule has 0 aromatic carbocycles. The fourth-order valence-corrected chi connectivity index (χ4v) is 2.42. The number of allylic oxidation sites excluding steroid dienone is 2. The molecular weight excluding hydrogens is 296 g/mol. The van der Waals surface area contributed by atoms with Crippen molar-refractivity contribution in [1.29, 1.82) is 0 Å². The molecule has 0 saturated heterocycles. The van der Waals surface area contributed by atoms with Crippen molar-refractivity contribution in [3.63, 3.8) is 0 Å². The summed E-state index contributed by atoms with van der Waals surface area (Å²) in [5, 5.41) is 3.20. The number of hydrogen-bond donors (Lipinski definition) is 3. The first-order valence-electron chi connectivity index (χ1n) is 5.47. The van der Waals surface area contributed by atoms with Gasteiger partial charge in [-0.25, -0.2) is 9.13 Å². The predicted octanol–water partition coefficient (Wildman–Crippen LogP) is 2.58. The Morgan fingerprint density at radius 1 is 1.32 bits per heavy atom. The predicted molar refractivity (Wildman–Crippen MR) is 70.4 cm³/mol. The Hall–Kier alpha value is -0.490. The Balaban J connectivity index is 4.17. The van der Waals surface area contributed by atoms with Gasteiger partial charge in [0.15, 0.2) is 0 Å². The summed E-state index contributed by atoms with van der Waals surface area (Å²) in [6.45, 7) is 5.77. The molecule has 10 heteroatoms. The number of hydrogen-bond acceptors (Lipinski definition) is 5. The molecule has 3 N–H and O–H groups in total. The lowest BCUT2D eigenvalue weighted by Crippen LogP contribution is -1.96. The second kappa shape index (κ2) is 7.94. The molecule has 112 valence electrons. The molecule has 0 spiro atoms. The van der Waals surface area contributed by atoms with Crippen molar-refractivity contribution in [2.45, 2.75) is 33.6 Å². The van der Waals surface area contributed by atoms with Crippen LogP contribution in [-0.4, -0.2) is 20.9 Å². The molecule has 0 rings (SSSR count). The lowest BCUT2D eigenvalue weighted by atomic mass is 10.1. The van der Waals surface area contributed by atoms with Gasteiger partial charge in [-0.15, -0.1) is 0 Å². The van der Waals surface area contributed by atoms with Gasteiger partial charge in [0.1, 0.15) is 0 Å². The summed E-state index contributed by atoms with van der Waals surface area (Å²) in [5.41, 5.74) is 1.19. The first-order valence-corrected chi connectivity index (χ1v) is 8.50. The zero-order valence-corrected chi connectivity index (χ0v) is 12.8. The van der Waals surface area contributed by atoms with E-state index in [2.05, 4.69) is 14.1 Å². The highest BCUT2D eigenvalue weighted by Gasteiger charge is 2.33. The van der Waals surface area contributed by atoms with Crippen molar-refractivity contribution in [3.05, 3.63) is 11.6 Å². The number of phosphoric acid groups is 2. The molecule has 0 aliphatic heterocycles. The minimum absolute atomic E-state index is 0.0225. The molecule has 0 heterocycles. The van der Waals surface area contributed by atoms with Crippen LogP contribution in [0, 0.1) is 5.92 Å². The SMILES string of the molecule is CC(C)=CCCC(C)C=NOP(=O)(O)OP(=O)(O)O. The van der Waals surface area contributed by atoms with E-state index in [1.807, 2.05) is 26.8 Å². The maximum atomic E-state index is 11.0. The van der Waals surface area contributed by atoms with E-state index in [0.717, 1.165) is 12.8 Å². The highest BCUT2D eigenvalue weighted by atomic mass is 31.3. The van der Waals surface area contributed by atoms with E-state index in [1.54, 1.807) is 0 Å². The topological polar surface area (TPSA) is 126 Å². The van der Waals surface area contributed by atoms with Gasteiger partial charge in [-0.05, 0) is 32.6 Å². The lowest BCUT2D eigenvalue weighted by Gasteiger charge is -2.09. The van der Waals surface area contributed by atoms with Gasteiger partial charge in [0, 0.05) is 6.21 Å². The van der Waals surface area contributed by atoms with Crippen LogP contribution in [0.25, 0.3) is 0 Å². The molecular formula is C9H19NO7P2. The first-order chi connectivity index (χ1) is 8.52. The highest BCUT2D eigenvalue weighted by molar-refractivity contribution is 7.60. The quantitative estimate of drug-likeness (QED) is 0.272. The largest absolute Gasteiger partial charge is 0.556 e. The summed E-state index contributed by atoms with van der Waals surface area (Å²) in [7, 11) is -9.98. The molecule has 19 heavy (non-hydrogen) atoms. The summed E-state index contributed by atoms with van der Waals surface area (Å²) < 4.78 is 29.0. The van der Waals surface area contributed by atoms with E-state index in [-0.39, 0.29) is 5.92 Å². The smallest absolute Gasteiger partial charge is 0.302 e. The highest BCUT2D eigenvalue weighted by Crippen LogP contribution is 2.57. The monoisotopic (exact) mass is 315 g/mol. The molecule has 0 bridgehead atoms. The van der Waals surface area contributed by atoms with Crippen LogP contribution in [0.5, 0.6) is 0 Å². The Bertz CT molecular complexity index is 424. The molecule has 2 atom stereocenters.